The summed E-state index contributed by atoms with van der Waals surface area (Å²) < 4.78 is 6.66. The summed E-state index contributed by atoms with van der Waals surface area (Å²) in [5, 5.41) is 18.7. The Hall–Kier alpha value is -0.890. The van der Waals surface area contributed by atoms with Crippen molar-refractivity contribution in [2.75, 3.05) is 0 Å². The second kappa shape index (κ2) is 6.33. The quantitative estimate of drug-likeness (QED) is 0.909. The fraction of sp³-hybridized carbons (Fsp3) is 0.500. The summed E-state index contributed by atoms with van der Waals surface area (Å²) >= 11 is 3.37. The maximum absolute atomic E-state index is 9.44. The van der Waals surface area contributed by atoms with Crippen LogP contribution in [0.15, 0.2) is 28.7 Å². The van der Waals surface area contributed by atoms with Crippen LogP contribution in [-0.2, 0) is 11.2 Å². The second-order valence-corrected chi connectivity index (χ2v) is 5.63. The molecule has 18 heavy (non-hydrogen) atoms. The number of halogens is 1. The molecule has 1 N–H and O–H groups in total. The highest BCUT2D eigenvalue weighted by Gasteiger charge is 2.29. The highest BCUT2D eigenvalue weighted by Crippen LogP contribution is 2.21. The Morgan fingerprint density at radius 1 is 1.39 bits per heavy atom. The van der Waals surface area contributed by atoms with Crippen LogP contribution in [-0.4, -0.2) is 22.9 Å². The van der Waals surface area contributed by atoms with Gasteiger partial charge < -0.3 is 9.84 Å². The molecular formula is C14H18BrNO2. The van der Waals surface area contributed by atoms with Crippen LogP contribution in [0.3, 0.4) is 0 Å². The lowest BCUT2D eigenvalue weighted by atomic mass is 9.97. The molecule has 0 spiro atoms. The molecule has 0 aromatic heterocycles. The minimum atomic E-state index is -0.926. The van der Waals surface area contributed by atoms with Gasteiger partial charge in [-0.25, -0.2) is 0 Å². The van der Waals surface area contributed by atoms with Crippen LogP contribution in [0.1, 0.15) is 26.3 Å². The molecule has 1 aromatic rings. The number of rotatable bonds is 5. The normalized spacial score (nSPS) is 17.6. The number of hydrogen-bond donors (Lipinski definition) is 1. The highest BCUT2D eigenvalue weighted by molar-refractivity contribution is 9.10. The molecule has 0 aliphatic heterocycles. The van der Waals surface area contributed by atoms with E-state index in [2.05, 4.69) is 22.0 Å². The molecule has 4 heteroatoms. The Morgan fingerprint density at radius 3 is 2.39 bits per heavy atom. The summed E-state index contributed by atoms with van der Waals surface area (Å²) in [6, 6.07) is 9.96. The van der Waals surface area contributed by atoms with Gasteiger partial charge in [0.1, 0.15) is 0 Å². The van der Waals surface area contributed by atoms with Gasteiger partial charge in [-0.15, -0.1) is 0 Å². The Morgan fingerprint density at radius 2 is 1.94 bits per heavy atom. The standard InChI is InChI=1S/C14H18BrNO2/c1-10(17)11(2)18-14(3,9-16)8-12-4-6-13(15)7-5-12/h4-7,10-11,17H,8H2,1-3H3. The topological polar surface area (TPSA) is 53.2 Å². The van der Waals surface area contributed by atoms with Gasteiger partial charge in [-0.1, -0.05) is 28.1 Å². The molecule has 0 aliphatic rings. The zero-order valence-corrected chi connectivity index (χ0v) is 12.4. The van der Waals surface area contributed by atoms with E-state index in [9.17, 15) is 10.4 Å². The molecular weight excluding hydrogens is 294 g/mol. The van der Waals surface area contributed by atoms with Gasteiger partial charge in [0.25, 0.3) is 0 Å². The minimum absolute atomic E-state index is 0.370. The number of benzene rings is 1. The molecule has 3 atom stereocenters. The maximum atomic E-state index is 9.44. The van der Waals surface area contributed by atoms with Crippen LogP contribution in [0.25, 0.3) is 0 Å². The van der Waals surface area contributed by atoms with Gasteiger partial charge in [0, 0.05) is 10.9 Å². The van der Waals surface area contributed by atoms with E-state index in [0.29, 0.717) is 6.42 Å². The van der Waals surface area contributed by atoms with Crippen molar-refractivity contribution >= 4 is 15.9 Å². The van der Waals surface area contributed by atoms with E-state index in [1.807, 2.05) is 24.3 Å². The Bertz CT molecular complexity index is 424. The lowest BCUT2D eigenvalue weighted by Crippen LogP contribution is -2.37. The Kier molecular flexibility index (Phi) is 5.33. The number of aliphatic hydroxyl groups excluding tert-OH is 1. The predicted octanol–water partition coefficient (Wildman–Crippen LogP) is 3.06. The summed E-state index contributed by atoms with van der Waals surface area (Å²) in [7, 11) is 0. The van der Waals surface area contributed by atoms with Crippen LogP contribution in [0.4, 0.5) is 0 Å². The van der Waals surface area contributed by atoms with Gasteiger partial charge in [-0.2, -0.15) is 5.26 Å². The van der Waals surface area contributed by atoms with Crippen molar-refractivity contribution in [2.45, 2.75) is 45.0 Å². The average Bonchev–Trinajstić information content (AvgIpc) is 2.32. The van der Waals surface area contributed by atoms with Gasteiger partial charge in [-0.05, 0) is 38.5 Å². The second-order valence-electron chi connectivity index (χ2n) is 4.71. The van der Waals surface area contributed by atoms with Crippen molar-refractivity contribution in [3.63, 3.8) is 0 Å². The third kappa shape index (κ3) is 4.41. The van der Waals surface area contributed by atoms with Crippen LogP contribution < -0.4 is 0 Å². The number of hydrogen-bond acceptors (Lipinski definition) is 3. The molecule has 0 heterocycles. The lowest BCUT2D eigenvalue weighted by Gasteiger charge is -2.28. The molecule has 0 saturated heterocycles. The zero-order chi connectivity index (χ0) is 13.8. The van der Waals surface area contributed by atoms with Crippen molar-refractivity contribution in [1.82, 2.24) is 0 Å². The third-order valence-corrected chi connectivity index (χ3v) is 3.35. The SMILES string of the molecule is CC(O)C(C)OC(C)(C#N)Cc1ccc(Br)cc1. The first-order chi connectivity index (χ1) is 8.36. The number of aliphatic hydroxyl groups is 1. The molecule has 1 aromatic carbocycles. The van der Waals surface area contributed by atoms with Gasteiger partial charge in [0.15, 0.2) is 5.60 Å². The number of ether oxygens (including phenoxy) is 1. The maximum Gasteiger partial charge on any atom is 0.155 e. The van der Waals surface area contributed by atoms with Gasteiger partial charge in [0.2, 0.25) is 0 Å². The van der Waals surface area contributed by atoms with E-state index < -0.39 is 11.7 Å². The largest absolute Gasteiger partial charge is 0.391 e. The molecule has 3 unspecified atom stereocenters. The summed E-state index contributed by atoms with van der Waals surface area (Å²) in [5.41, 5.74) is 0.101. The van der Waals surface area contributed by atoms with Gasteiger partial charge in [0.05, 0.1) is 18.3 Å². The van der Waals surface area contributed by atoms with Crippen LogP contribution in [0, 0.1) is 11.3 Å². The minimum Gasteiger partial charge on any atom is -0.391 e. The fourth-order valence-electron chi connectivity index (χ4n) is 1.61. The number of nitrogens with zero attached hydrogens (tertiary/aromatic N) is 1. The summed E-state index contributed by atoms with van der Waals surface area (Å²) in [6.45, 7) is 5.16. The van der Waals surface area contributed by atoms with E-state index in [0.717, 1.165) is 10.0 Å². The molecule has 0 radical (unpaired) electrons. The Labute approximate surface area is 117 Å². The van der Waals surface area contributed by atoms with E-state index >= 15 is 0 Å². The van der Waals surface area contributed by atoms with Gasteiger partial charge in [-0.3, -0.25) is 0 Å². The predicted molar refractivity (Wildman–Crippen MR) is 74.1 cm³/mol. The average molecular weight is 312 g/mol. The zero-order valence-electron chi connectivity index (χ0n) is 10.9. The van der Waals surface area contributed by atoms with Crippen LogP contribution in [0.2, 0.25) is 0 Å². The van der Waals surface area contributed by atoms with Crippen LogP contribution >= 0.6 is 15.9 Å². The molecule has 0 bridgehead atoms. The third-order valence-electron chi connectivity index (χ3n) is 2.82. The Balaban J connectivity index is 2.77. The first-order valence-electron chi connectivity index (χ1n) is 5.88. The molecule has 1 rings (SSSR count). The van der Waals surface area contributed by atoms with E-state index in [-0.39, 0.29) is 6.10 Å². The van der Waals surface area contributed by atoms with Crippen molar-refractivity contribution < 1.29 is 9.84 Å². The molecule has 98 valence electrons. The van der Waals surface area contributed by atoms with E-state index in [4.69, 9.17) is 4.74 Å². The summed E-state index contributed by atoms with van der Waals surface area (Å²) in [6.07, 6.45) is -0.471. The van der Waals surface area contributed by atoms with Crippen molar-refractivity contribution in [3.05, 3.63) is 34.3 Å². The van der Waals surface area contributed by atoms with Gasteiger partial charge >= 0.3 is 0 Å². The highest BCUT2D eigenvalue weighted by atomic mass is 79.9. The van der Waals surface area contributed by atoms with Crippen LogP contribution in [0.5, 0.6) is 0 Å². The fourth-order valence-corrected chi connectivity index (χ4v) is 1.87. The van der Waals surface area contributed by atoms with Crippen molar-refractivity contribution in [3.8, 4) is 6.07 Å². The first kappa shape index (κ1) is 15.2. The molecule has 0 aliphatic carbocycles. The lowest BCUT2D eigenvalue weighted by molar-refractivity contribution is -0.0868. The van der Waals surface area contributed by atoms with E-state index in [1.165, 1.54) is 0 Å². The smallest absolute Gasteiger partial charge is 0.155 e. The van der Waals surface area contributed by atoms with Crippen molar-refractivity contribution in [1.29, 1.82) is 5.26 Å². The monoisotopic (exact) mass is 311 g/mol. The number of nitriles is 1. The molecule has 3 nitrogen and oxygen atoms in total. The van der Waals surface area contributed by atoms with Crippen molar-refractivity contribution in [2.24, 2.45) is 0 Å². The molecule has 0 saturated carbocycles. The molecule has 0 amide bonds. The van der Waals surface area contributed by atoms with E-state index in [1.54, 1.807) is 20.8 Å². The molecule has 0 fully saturated rings. The summed E-state index contributed by atoms with van der Waals surface area (Å²) in [4.78, 5) is 0. The first-order valence-corrected chi connectivity index (χ1v) is 6.67. The summed E-state index contributed by atoms with van der Waals surface area (Å²) in [5.74, 6) is 0.